The average molecular weight is 479 g/mol. The molecule has 10 nitrogen and oxygen atoms in total. The minimum absolute atomic E-state index is 0.190. The van der Waals surface area contributed by atoms with Gasteiger partial charge in [-0.25, -0.2) is 9.78 Å². The van der Waals surface area contributed by atoms with Crippen LogP contribution in [0.1, 0.15) is 38.1 Å². The van der Waals surface area contributed by atoms with Crippen molar-refractivity contribution < 1.29 is 19.1 Å². The lowest BCUT2D eigenvalue weighted by Crippen LogP contribution is -2.39. The van der Waals surface area contributed by atoms with Crippen molar-refractivity contribution in [3.8, 4) is 11.5 Å². The molecule has 4 heterocycles. The first-order chi connectivity index (χ1) is 16.8. The number of urea groups is 1. The molecule has 4 rings (SSSR count). The number of allylic oxidation sites excluding steroid dienone is 1. The number of likely N-dealkylation sites (tertiary alicyclic amines) is 1. The van der Waals surface area contributed by atoms with Crippen LogP contribution in [0, 0.1) is 17.7 Å². The molecule has 184 valence electrons. The van der Waals surface area contributed by atoms with Crippen molar-refractivity contribution in [3.63, 3.8) is 0 Å². The molecular weight excluding hydrogens is 448 g/mol. The summed E-state index contributed by atoms with van der Waals surface area (Å²) in [6, 6.07) is 6.56. The summed E-state index contributed by atoms with van der Waals surface area (Å²) in [5.74, 6) is 1.20. The summed E-state index contributed by atoms with van der Waals surface area (Å²) in [6.45, 7) is 7.21. The van der Waals surface area contributed by atoms with Crippen molar-refractivity contribution >= 4 is 29.5 Å². The maximum absolute atomic E-state index is 12.5. The molecule has 2 fully saturated rings. The van der Waals surface area contributed by atoms with Gasteiger partial charge in [0.15, 0.2) is 0 Å². The van der Waals surface area contributed by atoms with Gasteiger partial charge in [0, 0.05) is 48.8 Å². The number of nitrogens with zero attached hydrogens (tertiary/aromatic N) is 3. The lowest BCUT2D eigenvalue weighted by Gasteiger charge is -2.18. The molecule has 2 saturated heterocycles. The van der Waals surface area contributed by atoms with Crippen LogP contribution in [-0.4, -0.2) is 58.8 Å². The van der Waals surface area contributed by atoms with Crippen LogP contribution in [0.5, 0.6) is 11.5 Å². The number of aromatic nitrogens is 2. The lowest BCUT2D eigenvalue weighted by molar-refractivity contribution is -0.131. The summed E-state index contributed by atoms with van der Waals surface area (Å²) in [4.78, 5) is 34.9. The van der Waals surface area contributed by atoms with E-state index in [1.807, 2.05) is 13.8 Å². The highest BCUT2D eigenvalue weighted by Gasteiger charge is 2.41. The zero-order valence-electron chi connectivity index (χ0n) is 20.1. The van der Waals surface area contributed by atoms with Crippen LogP contribution < -0.4 is 15.4 Å². The van der Waals surface area contributed by atoms with Crippen LogP contribution in [0.25, 0.3) is 5.57 Å². The standard InChI is InChI=1S/C25H30N6O4/c1-16-21(4-5-22(29-16)30-24(33)31-10-8-25(2,3)23(31)32)35-19-6-9-27-20(12-19)17(13-26)14-28-18-7-11-34-15-18/h4-6,9,12-14,18,26,28H,7-8,10-11,15H2,1-3H3,(H,29,30,33)/b17-14+,26-13?/t18-/m0/s1. The fraction of sp³-hybridized carbons (Fsp3) is 0.400. The van der Waals surface area contributed by atoms with Gasteiger partial charge in [0.2, 0.25) is 5.91 Å². The number of pyridine rings is 2. The van der Waals surface area contributed by atoms with Gasteiger partial charge in [-0.2, -0.15) is 0 Å². The minimum atomic E-state index is -0.532. The molecule has 35 heavy (non-hydrogen) atoms. The summed E-state index contributed by atoms with van der Waals surface area (Å²) < 4.78 is 11.4. The molecule has 0 radical (unpaired) electrons. The SMILES string of the molecule is Cc1nc(NC(=O)N2CCC(C)(C)C2=O)ccc1Oc1ccnc(/C(C=N)=C/N[C@H]2CCOC2)c1. The number of hydrogen-bond donors (Lipinski definition) is 3. The smallest absolute Gasteiger partial charge is 0.329 e. The van der Waals surface area contributed by atoms with Gasteiger partial charge in [-0.15, -0.1) is 0 Å². The third-order valence-electron chi connectivity index (χ3n) is 6.12. The fourth-order valence-corrected chi connectivity index (χ4v) is 3.88. The van der Waals surface area contributed by atoms with Crippen LogP contribution in [0.2, 0.25) is 0 Å². The molecule has 0 aromatic carbocycles. The second-order valence-electron chi connectivity index (χ2n) is 9.25. The van der Waals surface area contributed by atoms with E-state index >= 15 is 0 Å². The monoisotopic (exact) mass is 478 g/mol. The van der Waals surface area contributed by atoms with Gasteiger partial charge in [-0.05, 0) is 38.0 Å². The molecule has 1 atom stereocenters. The number of ether oxygens (including phenoxy) is 2. The summed E-state index contributed by atoms with van der Waals surface area (Å²) in [6.07, 6.45) is 6.19. The minimum Gasteiger partial charge on any atom is -0.455 e. The first kappa shape index (κ1) is 24.3. The highest BCUT2D eigenvalue weighted by Crippen LogP contribution is 2.31. The summed E-state index contributed by atoms with van der Waals surface area (Å²) in [5, 5.41) is 13.7. The largest absolute Gasteiger partial charge is 0.455 e. The molecule has 0 saturated carbocycles. The van der Waals surface area contributed by atoms with Crippen molar-refractivity contribution in [2.45, 2.75) is 39.7 Å². The number of amides is 3. The van der Waals surface area contributed by atoms with Crippen molar-refractivity contribution in [2.75, 3.05) is 25.1 Å². The van der Waals surface area contributed by atoms with Crippen LogP contribution >= 0.6 is 0 Å². The maximum Gasteiger partial charge on any atom is 0.329 e. The van der Waals surface area contributed by atoms with Crippen molar-refractivity contribution in [1.82, 2.24) is 20.2 Å². The highest BCUT2D eigenvalue weighted by atomic mass is 16.5. The zero-order chi connectivity index (χ0) is 25.0. The Morgan fingerprint density at radius 2 is 2.17 bits per heavy atom. The van der Waals surface area contributed by atoms with E-state index in [1.165, 1.54) is 11.1 Å². The Hall–Kier alpha value is -3.79. The number of carbonyl (C=O) groups excluding carboxylic acids is 2. The number of nitrogens with one attached hydrogen (secondary N) is 3. The van der Waals surface area contributed by atoms with Gasteiger partial charge in [-0.1, -0.05) is 13.8 Å². The molecule has 10 heteroatoms. The van der Waals surface area contributed by atoms with Crippen LogP contribution in [-0.2, 0) is 9.53 Å². The van der Waals surface area contributed by atoms with E-state index in [2.05, 4.69) is 20.6 Å². The third kappa shape index (κ3) is 5.65. The second kappa shape index (κ2) is 10.2. The number of hydrogen-bond acceptors (Lipinski definition) is 8. The number of carbonyl (C=O) groups is 2. The van der Waals surface area contributed by atoms with Crippen LogP contribution in [0.4, 0.5) is 10.6 Å². The molecule has 2 aromatic heterocycles. The van der Waals surface area contributed by atoms with E-state index in [1.54, 1.807) is 43.6 Å². The predicted octanol–water partition coefficient (Wildman–Crippen LogP) is 3.74. The van der Waals surface area contributed by atoms with Crippen molar-refractivity contribution in [1.29, 1.82) is 5.41 Å². The first-order valence-corrected chi connectivity index (χ1v) is 11.6. The maximum atomic E-state index is 12.5. The van der Waals surface area contributed by atoms with Crippen LogP contribution in [0.3, 0.4) is 0 Å². The molecule has 0 spiro atoms. The normalized spacial score (nSPS) is 19.5. The van der Waals surface area contributed by atoms with Crippen LogP contribution in [0.15, 0.2) is 36.7 Å². The Morgan fingerprint density at radius 1 is 1.34 bits per heavy atom. The highest BCUT2D eigenvalue weighted by molar-refractivity contribution is 6.07. The number of rotatable bonds is 7. The number of aryl methyl sites for hydroxylation is 1. The quantitative estimate of drug-likeness (QED) is 0.517. The molecule has 0 aliphatic carbocycles. The van der Waals surface area contributed by atoms with E-state index in [9.17, 15) is 9.59 Å². The summed E-state index contributed by atoms with van der Waals surface area (Å²) in [7, 11) is 0. The van der Waals surface area contributed by atoms with Gasteiger partial charge in [0.05, 0.1) is 24.0 Å². The fourth-order valence-electron chi connectivity index (χ4n) is 3.88. The van der Waals surface area contributed by atoms with Crippen molar-refractivity contribution in [2.24, 2.45) is 5.41 Å². The molecule has 2 aliphatic heterocycles. The number of anilines is 1. The van der Waals surface area contributed by atoms with E-state index in [0.29, 0.717) is 53.9 Å². The molecule has 3 amide bonds. The second-order valence-corrected chi connectivity index (χ2v) is 9.25. The number of imide groups is 1. The van der Waals surface area contributed by atoms with Gasteiger partial charge >= 0.3 is 6.03 Å². The molecule has 3 N–H and O–H groups in total. The average Bonchev–Trinajstić information content (AvgIpc) is 3.44. The molecule has 2 aliphatic rings. The van der Waals surface area contributed by atoms with Crippen molar-refractivity contribution in [3.05, 3.63) is 48.1 Å². The van der Waals surface area contributed by atoms with Gasteiger partial charge in [-0.3, -0.25) is 20.0 Å². The predicted molar refractivity (Wildman–Crippen MR) is 132 cm³/mol. The lowest BCUT2D eigenvalue weighted by atomic mass is 9.92. The third-order valence-corrected chi connectivity index (χ3v) is 6.12. The summed E-state index contributed by atoms with van der Waals surface area (Å²) >= 11 is 0. The zero-order valence-corrected chi connectivity index (χ0v) is 20.1. The Morgan fingerprint density at radius 3 is 2.83 bits per heavy atom. The molecule has 2 aromatic rings. The Labute approximate surface area is 204 Å². The molecular formula is C25H30N6O4. The first-order valence-electron chi connectivity index (χ1n) is 11.6. The topological polar surface area (TPSA) is 130 Å². The van der Waals surface area contributed by atoms with E-state index in [0.717, 1.165) is 13.0 Å². The van der Waals surface area contributed by atoms with E-state index < -0.39 is 11.4 Å². The Kier molecular flexibility index (Phi) is 7.11. The van der Waals surface area contributed by atoms with Gasteiger partial charge in [0.1, 0.15) is 17.3 Å². The van der Waals surface area contributed by atoms with Gasteiger partial charge in [0.25, 0.3) is 0 Å². The summed E-state index contributed by atoms with van der Waals surface area (Å²) in [5.41, 5.74) is 1.25. The Balaban J connectivity index is 1.42. The van der Waals surface area contributed by atoms with Gasteiger partial charge < -0.3 is 20.2 Å². The van der Waals surface area contributed by atoms with E-state index in [4.69, 9.17) is 14.9 Å². The molecule has 0 unspecified atom stereocenters. The van der Waals surface area contributed by atoms with E-state index in [-0.39, 0.29) is 11.9 Å². The Bertz CT molecular complexity index is 1160. The molecule has 0 bridgehead atoms.